The Bertz CT molecular complexity index is 944. The lowest BCUT2D eigenvalue weighted by Gasteiger charge is -2.47. The van der Waals surface area contributed by atoms with E-state index in [-0.39, 0.29) is 51.5 Å². The fraction of sp³-hybridized carbons (Fsp3) is 0.917. The molecule has 0 aromatic rings. The molecular weight excluding hydrogens is 584 g/mol. The summed E-state index contributed by atoms with van der Waals surface area (Å²) in [6.45, 7) is 30.4. The summed E-state index contributed by atoms with van der Waals surface area (Å²) in [5, 5.41) is 10.9. The van der Waals surface area contributed by atoms with Gasteiger partial charge in [0.2, 0.25) is 0 Å². The highest BCUT2D eigenvalue weighted by Gasteiger charge is 2.46. The Morgan fingerprint density at radius 2 is 0.630 bits per heavy atom. The van der Waals surface area contributed by atoms with E-state index >= 15 is 0 Å². The molecule has 3 atom stereocenters. The van der Waals surface area contributed by atoms with Crippen LogP contribution < -0.4 is 16.0 Å². The number of rotatable bonds is 9. The van der Waals surface area contributed by atoms with Crippen molar-refractivity contribution in [1.82, 2.24) is 20.9 Å². The van der Waals surface area contributed by atoms with Crippen LogP contribution in [-0.2, 0) is 28.6 Å². The van der Waals surface area contributed by atoms with Crippen molar-refractivity contribution in [1.29, 1.82) is 0 Å². The standard InChI is InChI=1S/C36H66N4O6/c1-22(28(41)44-25-16-31(4,5)37-32(6,7)17-25)40(23(2)29(42)45-26-18-33(8,9)38-34(10,11)19-26)24(3)30(43)46-27-20-35(12,13)39-36(14,15)21-27/h22-27,37-39H,16-21H2,1-15H3. The van der Waals surface area contributed by atoms with E-state index in [0.717, 1.165) is 0 Å². The molecule has 3 heterocycles. The van der Waals surface area contributed by atoms with E-state index in [1.54, 1.807) is 25.7 Å². The van der Waals surface area contributed by atoms with Crippen LogP contribution in [0.1, 0.15) is 142 Å². The molecule has 0 aromatic heterocycles. The molecule has 0 amide bonds. The van der Waals surface area contributed by atoms with Crippen molar-refractivity contribution in [2.45, 2.75) is 212 Å². The third-order valence-corrected chi connectivity index (χ3v) is 9.67. The Labute approximate surface area is 279 Å². The zero-order valence-electron chi connectivity index (χ0n) is 31.6. The fourth-order valence-electron chi connectivity index (χ4n) is 9.10. The van der Waals surface area contributed by atoms with E-state index in [9.17, 15) is 14.4 Å². The minimum atomic E-state index is -0.895. The van der Waals surface area contributed by atoms with E-state index in [4.69, 9.17) is 14.2 Å². The van der Waals surface area contributed by atoms with Crippen molar-refractivity contribution in [2.75, 3.05) is 0 Å². The van der Waals surface area contributed by atoms with Crippen molar-refractivity contribution < 1.29 is 28.6 Å². The molecule has 3 rings (SSSR count). The van der Waals surface area contributed by atoms with E-state index in [1.807, 2.05) is 0 Å². The van der Waals surface area contributed by atoms with Crippen LogP contribution in [0.5, 0.6) is 0 Å². The second-order valence-electron chi connectivity index (χ2n) is 18.6. The second-order valence-corrected chi connectivity index (χ2v) is 18.6. The summed E-state index contributed by atoms with van der Waals surface area (Å²) < 4.78 is 18.4. The SMILES string of the molecule is CC(C(=O)OC1CC(C)(C)NC(C)(C)C1)N(C(C)C(=O)OC1CC(C)(C)NC(C)(C)C1)C(C)C(=O)OC1CC(C)(C)NC(C)(C)C1. The molecule has 3 saturated heterocycles. The van der Waals surface area contributed by atoms with Crippen LogP contribution in [0, 0.1) is 0 Å². The number of esters is 3. The Morgan fingerprint density at radius 3 is 0.804 bits per heavy atom. The van der Waals surface area contributed by atoms with Crippen LogP contribution in [0.3, 0.4) is 0 Å². The third-order valence-electron chi connectivity index (χ3n) is 9.67. The molecular formula is C36H66N4O6. The molecule has 3 aliphatic heterocycles. The number of carbonyl (C=O) groups is 3. The zero-order valence-corrected chi connectivity index (χ0v) is 31.6. The minimum absolute atomic E-state index is 0.212. The topological polar surface area (TPSA) is 118 Å². The lowest BCUT2D eigenvalue weighted by atomic mass is 9.81. The van der Waals surface area contributed by atoms with Crippen molar-refractivity contribution in [3.8, 4) is 0 Å². The van der Waals surface area contributed by atoms with Gasteiger partial charge in [-0.3, -0.25) is 19.3 Å². The number of hydrogen-bond acceptors (Lipinski definition) is 10. The van der Waals surface area contributed by atoms with Gasteiger partial charge < -0.3 is 30.2 Å². The number of ether oxygens (including phenoxy) is 3. The smallest absolute Gasteiger partial charge is 0.323 e. The molecule has 3 aliphatic rings. The third kappa shape index (κ3) is 10.6. The molecule has 0 aliphatic carbocycles. The monoisotopic (exact) mass is 650 g/mol. The first-order valence-corrected chi connectivity index (χ1v) is 17.4. The Balaban J connectivity index is 1.84. The first kappa shape index (κ1) is 38.7. The number of nitrogens with one attached hydrogen (secondary N) is 3. The lowest BCUT2D eigenvalue weighted by Crippen LogP contribution is -2.62. The molecule has 0 saturated carbocycles. The summed E-state index contributed by atoms with van der Waals surface area (Å²) in [7, 11) is 0. The summed E-state index contributed by atoms with van der Waals surface area (Å²) in [6, 6.07) is -2.69. The molecule has 10 nitrogen and oxygen atoms in total. The number of nitrogens with zero attached hydrogens (tertiary/aromatic N) is 1. The van der Waals surface area contributed by atoms with Gasteiger partial charge in [-0.1, -0.05) is 0 Å². The molecule has 0 spiro atoms. The summed E-state index contributed by atoms with van der Waals surface area (Å²) >= 11 is 0. The van der Waals surface area contributed by atoms with E-state index in [0.29, 0.717) is 38.5 Å². The first-order chi connectivity index (χ1) is 20.6. The van der Waals surface area contributed by atoms with Gasteiger partial charge in [-0.15, -0.1) is 0 Å². The fourth-order valence-corrected chi connectivity index (χ4v) is 9.10. The predicted molar refractivity (Wildman–Crippen MR) is 181 cm³/mol. The molecule has 266 valence electrons. The summed E-state index contributed by atoms with van der Waals surface area (Å²) in [5.74, 6) is -1.40. The lowest BCUT2D eigenvalue weighted by molar-refractivity contribution is -0.173. The van der Waals surface area contributed by atoms with Crippen LogP contribution in [0.25, 0.3) is 0 Å². The number of hydrogen-bond donors (Lipinski definition) is 3. The first-order valence-electron chi connectivity index (χ1n) is 17.4. The summed E-state index contributed by atoms with van der Waals surface area (Å²) in [4.78, 5) is 43.2. The van der Waals surface area contributed by atoms with Gasteiger partial charge in [0.1, 0.15) is 36.4 Å². The van der Waals surface area contributed by atoms with Crippen LogP contribution >= 0.6 is 0 Å². The zero-order chi connectivity index (χ0) is 35.3. The maximum atomic E-state index is 13.8. The van der Waals surface area contributed by atoms with Crippen LogP contribution in [-0.4, -0.2) is 92.5 Å². The van der Waals surface area contributed by atoms with Gasteiger partial charge in [-0.25, -0.2) is 0 Å². The highest BCUT2D eigenvalue weighted by atomic mass is 16.6. The van der Waals surface area contributed by atoms with Gasteiger partial charge in [0, 0.05) is 71.8 Å². The molecule has 0 radical (unpaired) electrons. The highest BCUT2D eigenvalue weighted by Crippen LogP contribution is 2.34. The molecule has 0 bridgehead atoms. The van der Waals surface area contributed by atoms with E-state index in [2.05, 4.69) is 99.0 Å². The Morgan fingerprint density at radius 1 is 0.457 bits per heavy atom. The summed E-state index contributed by atoms with van der Waals surface area (Å²) in [6.07, 6.45) is 3.06. The van der Waals surface area contributed by atoms with Gasteiger partial charge >= 0.3 is 17.9 Å². The predicted octanol–water partition coefficient (Wildman–Crippen LogP) is 5.01. The van der Waals surface area contributed by atoms with Gasteiger partial charge in [0.25, 0.3) is 0 Å². The van der Waals surface area contributed by atoms with E-state index < -0.39 is 36.0 Å². The molecule has 3 N–H and O–H groups in total. The van der Waals surface area contributed by atoms with Gasteiger partial charge in [0.15, 0.2) is 0 Å². The van der Waals surface area contributed by atoms with Gasteiger partial charge in [-0.05, 0) is 104 Å². The molecule has 10 heteroatoms. The maximum absolute atomic E-state index is 13.8. The van der Waals surface area contributed by atoms with Gasteiger partial charge in [0.05, 0.1) is 0 Å². The van der Waals surface area contributed by atoms with E-state index in [1.165, 1.54) is 0 Å². The van der Waals surface area contributed by atoms with Crippen LogP contribution in [0.2, 0.25) is 0 Å². The van der Waals surface area contributed by atoms with Crippen LogP contribution in [0.15, 0.2) is 0 Å². The summed E-state index contributed by atoms with van der Waals surface area (Å²) in [5.41, 5.74) is -1.27. The average molecular weight is 651 g/mol. The van der Waals surface area contributed by atoms with Crippen molar-refractivity contribution in [3.63, 3.8) is 0 Å². The molecule has 46 heavy (non-hydrogen) atoms. The molecule has 0 aromatic carbocycles. The minimum Gasteiger partial charge on any atom is -0.461 e. The largest absolute Gasteiger partial charge is 0.461 e. The quantitative estimate of drug-likeness (QED) is 0.232. The Kier molecular flexibility index (Phi) is 11.2. The molecule has 3 fully saturated rings. The average Bonchev–Trinajstić information content (AvgIpc) is 2.77. The number of carbonyl (C=O) groups excluding carboxylic acids is 3. The molecule has 3 unspecified atom stereocenters. The van der Waals surface area contributed by atoms with Gasteiger partial charge in [-0.2, -0.15) is 0 Å². The van der Waals surface area contributed by atoms with Crippen molar-refractivity contribution in [3.05, 3.63) is 0 Å². The normalized spacial score (nSPS) is 27.7. The second kappa shape index (κ2) is 13.3. The Hall–Kier alpha value is -1.75. The highest BCUT2D eigenvalue weighted by molar-refractivity contribution is 5.83. The van der Waals surface area contributed by atoms with Crippen molar-refractivity contribution in [2.24, 2.45) is 0 Å². The van der Waals surface area contributed by atoms with Crippen molar-refractivity contribution >= 4 is 17.9 Å². The van der Waals surface area contributed by atoms with Crippen LogP contribution in [0.4, 0.5) is 0 Å². The number of piperidine rings is 3. The maximum Gasteiger partial charge on any atom is 0.323 e.